The third-order valence-electron chi connectivity index (χ3n) is 4.88. The molecular weight excluding hydrogens is 364 g/mol. The molecule has 0 aromatic carbocycles. The first-order valence-electron chi connectivity index (χ1n) is 9.60. The molecule has 7 heteroatoms. The minimum Gasteiger partial charge on any atom is -0.463 e. The topological polar surface area (TPSA) is 91.3 Å². The van der Waals surface area contributed by atoms with E-state index in [1.165, 1.54) is 0 Å². The Morgan fingerprint density at radius 1 is 0.929 bits per heavy atom. The lowest BCUT2D eigenvalue weighted by molar-refractivity contribution is -0.153. The van der Waals surface area contributed by atoms with Gasteiger partial charge in [-0.15, -0.1) is 0 Å². The van der Waals surface area contributed by atoms with Crippen LogP contribution in [0.25, 0.3) is 0 Å². The Labute approximate surface area is 166 Å². The molecule has 0 aromatic heterocycles. The summed E-state index contributed by atoms with van der Waals surface area (Å²) in [4.78, 5) is 23.9. The fraction of sp³-hybridized carbons (Fsp3) is 0.619. The van der Waals surface area contributed by atoms with E-state index in [0.29, 0.717) is 0 Å². The van der Waals surface area contributed by atoms with Crippen molar-refractivity contribution in [3.8, 4) is 0 Å². The fourth-order valence-corrected chi connectivity index (χ4v) is 3.01. The molecule has 0 unspecified atom stereocenters. The van der Waals surface area contributed by atoms with Crippen molar-refractivity contribution in [3.63, 3.8) is 0 Å². The van der Waals surface area contributed by atoms with Gasteiger partial charge in [0, 0.05) is 18.9 Å². The number of rotatable bonds is 1. The van der Waals surface area contributed by atoms with Gasteiger partial charge in [-0.2, -0.15) is 0 Å². The van der Waals surface area contributed by atoms with Crippen LogP contribution in [-0.2, 0) is 28.5 Å². The van der Waals surface area contributed by atoms with Crippen LogP contribution in [0.4, 0.5) is 0 Å². The van der Waals surface area contributed by atoms with Crippen molar-refractivity contribution in [2.75, 3.05) is 20.3 Å². The van der Waals surface area contributed by atoms with Crippen LogP contribution in [0.1, 0.15) is 26.7 Å². The summed E-state index contributed by atoms with van der Waals surface area (Å²) in [6.45, 7) is 3.99. The second-order valence-electron chi connectivity index (χ2n) is 7.14. The number of fused-ring (bicyclic) bond motifs is 2. The number of aliphatic hydroxyl groups excluding tert-OH is 1. The highest BCUT2D eigenvalue weighted by molar-refractivity contribution is 5.71. The zero-order valence-corrected chi connectivity index (χ0v) is 16.7. The van der Waals surface area contributed by atoms with Gasteiger partial charge in [0.2, 0.25) is 0 Å². The first-order valence-corrected chi connectivity index (χ1v) is 9.60. The maximum absolute atomic E-state index is 12.0. The third-order valence-corrected chi connectivity index (χ3v) is 4.88. The zero-order valence-electron chi connectivity index (χ0n) is 16.7. The Balaban J connectivity index is 2.10. The molecule has 28 heavy (non-hydrogen) atoms. The number of methoxy groups -OCH3 is 1. The Kier molecular flexibility index (Phi) is 8.89. The number of hydrogen-bond donors (Lipinski definition) is 1. The molecule has 156 valence electrons. The monoisotopic (exact) mass is 394 g/mol. The van der Waals surface area contributed by atoms with Crippen LogP contribution in [0, 0.1) is 11.8 Å². The van der Waals surface area contributed by atoms with Gasteiger partial charge in [-0.3, -0.25) is 9.59 Å². The van der Waals surface area contributed by atoms with E-state index in [-0.39, 0.29) is 56.1 Å². The fourth-order valence-electron chi connectivity index (χ4n) is 3.01. The third kappa shape index (κ3) is 6.89. The van der Waals surface area contributed by atoms with Crippen molar-refractivity contribution in [1.29, 1.82) is 0 Å². The molecule has 0 saturated heterocycles. The molecule has 0 saturated carbocycles. The summed E-state index contributed by atoms with van der Waals surface area (Å²) in [6, 6.07) is 0. The van der Waals surface area contributed by atoms with Crippen LogP contribution < -0.4 is 0 Å². The number of ether oxygens (including phenoxy) is 4. The van der Waals surface area contributed by atoms with Crippen LogP contribution >= 0.6 is 0 Å². The van der Waals surface area contributed by atoms with E-state index in [0.717, 1.165) is 0 Å². The highest BCUT2D eigenvalue weighted by Gasteiger charge is 2.29. The summed E-state index contributed by atoms with van der Waals surface area (Å²) < 4.78 is 21.8. The van der Waals surface area contributed by atoms with Crippen molar-refractivity contribution >= 4 is 11.9 Å². The molecule has 2 bridgehead atoms. The summed E-state index contributed by atoms with van der Waals surface area (Å²) in [6.07, 6.45) is 8.80. The van der Waals surface area contributed by atoms with Gasteiger partial charge in [-0.25, -0.2) is 0 Å². The minimum absolute atomic E-state index is 0.0201. The van der Waals surface area contributed by atoms with Crippen LogP contribution in [0.15, 0.2) is 36.5 Å². The molecule has 2 aliphatic heterocycles. The summed E-state index contributed by atoms with van der Waals surface area (Å²) >= 11 is 0. The van der Waals surface area contributed by atoms with E-state index in [9.17, 15) is 14.7 Å². The molecule has 0 spiro atoms. The average molecular weight is 394 g/mol. The Bertz CT molecular complexity index is 610. The van der Waals surface area contributed by atoms with Gasteiger partial charge < -0.3 is 24.1 Å². The predicted molar refractivity (Wildman–Crippen MR) is 102 cm³/mol. The van der Waals surface area contributed by atoms with Gasteiger partial charge in [-0.05, 0) is 0 Å². The van der Waals surface area contributed by atoms with Gasteiger partial charge in [0.1, 0.15) is 25.4 Å². The molecule has 0 radical (unpaired) electrons. The first-order chi connectivity index (χ1) is 13.4. The number of hydrogen-bond acceptors (Lipinski definition) is 7. The molecular formula is C21H30O7. The Hall–Kier alpha value is -1.96. The molecule has 7 nitrogen and oxygen atoms in total. The predicted octanol–water partition coefficient (Wildman–Crippen LogP) is 1.95. The smallest absolute Gasteiger partial charge is 0.309 e. The Morgan fingerprint density at radius 3 is 2.18 bits per heavy atom. The van der Waals surface area contributed by atoms with Crippen LogP contribution in [0.3, 0.4) is 0 Å². The van der Waals surface area contributed by atoms with Crippen molar-refractivity contribution in [2.45, 2.75) is 51.1 Å². The minimum atomic E-state index is -0.834. The van der Waals surface area contributed by atoms with E-state index in [2.05, 4.69) is 0 Å². The number of esters is 2. The van der Waals surface area contributed by atoms with Crippen LogP contribution in [0.2, 0.25) is 0 Å². The quantitative estimate of drug-likeness (QED) is 0.537. The molecule has 2 rings (SSSR count). The molecule has 2 heterocycles. The van der Waals surface area contributed by atoms with Gasteiger partial charge in [0.05, 0.1) is 25.0 Å². The normalized spacial score (nSPS) is 35.6. The maximum Gasteiger partial charge on any atom is 0.309 e. The second kappa shape index (κ2) is 11.1. The second-order valence-corrected chi connectivity index (χ2v) is 7.14. The Morgan fingerprint density at radius 2 is 1.54 bits per heavy atom. The van der Waals surface area contributed by atoms with Gasteiger partial charge in [-0.1, -0.05) is 50.3 Å². The summed E-state index contributed by atoms with van der Waals surface area (Å²) in [5.74, 6) is -0.808. The van der Waals surface area contributed by atoms with Gasteiger partial charge in [0.15, 0.2) is 0 Å². The molecule has 6 atom stereocenters. The number of aliphatic hydroxyl groups is 1. The highest BCUT2D eigenvalue weighted by Crippen LogP contribution is 2.21. The van der Waals surface area contributed by atoms with Crippen molar-refractivity contribution in [1.82, 2.24) is 0 Å². The van der Waals surface area contributed by atoms with Crippen molar-refractivity contribution in [3.05, 3.63) is 36.5 Å². The van der Waals surface area contributed by atoms with E-state index in [1.807, 2.05) is 26.0 Å². The lowest BCUT2D eigenvalue weighted by Crippen LogP contribution is -2.40. The average Bonchev–Trinajstić information content (AvgIpc) is 2.67. The van der Waals surface area contributed by atoms with Crippen LogP contribution in [-0.4, -0.2) is 61.8 Å². The highest BCUT2D eigenvalue weighted by atomic mass is 16.6. The van der Waals surface area contributed by atoms with E-state index in [1.54, 1.807) is 31.4 Å². The summed E-state index contributed by atoms with van der Waals surface area (Å²) in [7, 11) is 1.56. The zero-order chi connectivity index (χ0) is 20.5. The maximum atomic E-state index is 12.0. The summed E-state index contributed by atoms with van der Waals surface area (Å²) in [5, 5.41) is 10.1. The van der Waals surface area contributed by atoms with Gasteiger partial charge in [0.25, 0.3) is 0 Å². The van der Waals surface area contributed by atoms with Gasteiger partial charge >= 0.3 is 11.9 Å². The molecule has 2 aliphatic rings. The van der Waals surface area contributed by atoms with Crippen LogP contribution in [0.5, 0.6) is 0 Å². The molecule has 0 aliphatic carbocycles. The number of carbonyl (C=O) groups is 2. The number of cyclic esters (lactones) is 2. The molecule has 0 fully saturated rings. The molecule has 1 N–H and O–H groups in total. The summed E-state index contributed by atoms with van der Waals surface area (Å²) in [5.41, 5.74) is 0. The first kappa shape index (κ1) is 22.3. The van der Waals surface area contributed by atoms with E-state index < -0.39 is 18.2 Å². The largest absolute Gasteiger partial charge is 0.463 e. The lowest BCUT2D eigenvalue weighted by Gasteiger charge is -2.31. The lowest BCUT2D eigenvalue weighted by atomic mass is 9.99. The van der Waals surface area contributed by atoms with E-state index >= 15 is 0 Å². The van der Waals surface area contributed by atoms with E-state index in [4.69, 9.17) is 18.9 Å². The standard InChI is InChI=1S/C21H30O7/c1-14-6-4-8-20(23)26-12-18(25-3)15(2)7-5-9-21(24)27-13-19-16(22)10-11-17(14)28-19/h4-7,10-11,14-19,22H,8-9,12-13H2,1-3H3/t14-,15-,16-,17+,18-,19-/m1/s1. The molecule has 0 amide bonds. The SMILES string of the molecule is CO[C@@H]1COC(=O)CC=C[C@@H](C)[C@@H]2C=C[C@@H](O)[C@@H](COC(=O)CC=C[C@H]1C)O2. The molecule has 0 aromatic rings. The van der Waals surface area contributed by atoms with Crippen molar-refractivity contribution in [2.24, 2.45) is 11.8 Å². The number of carbonyl (C=O) groups excluding carboxylic acids is 2. The van der Waals surface area contributed by atoms with Crippen molar-refractivity contribution < 1.29 is 33.6 Å².